The topological polar surface area (TPSA) is 122 Å². The van der Waals surface area contributed by atoms with Crippen LogP contribution in [0.5, 0.6) is 0 Å². The molecule has 2 aromatic heterocycles. The molecule has 1 aromatic carbocycles. The lowest BCUT2D eigenvalue weighted by Gasteiger charge is -2.27. The van der Waals surface area contributed by atoms with Crippen molar-refractivity contribution in [1.82, 2.24) is 20.2 Å². The highest BCUT2D eigenvalue weighted by Crippen LogP contribution is 2.29. The Balaban J connectivity index is 1.71. The normalized spacial score (nSPS) is 14.8. The Morgan fingerprint density at radius 2 is 1.87 bits per heavy atom. The van der Waals surface area contributed by atoms with Gasteiger partial charge in [0.15, 0.2) is 11.6 Å². The Kier molecular flexibility index (Phi) is 6.60. The van der Waals surface area contributed by atoms with Crippen LogP contribution in [0.15, 0.2) is 52.6 Å². The molecule has 31 heavy (non-hydrogen) atoms. The van der Waals surface area contributed by atoms with Crippen LogP contribution in [0.2, 0.25) is 0 Å². The third kappa shape index (κ3) is 4.76. The molecule has 0 spiro atoms. The SMILES string of the molecule is N#Cc1ccc(-c2ncc(CCN)cn2)c(S(=O)c2cnnc(N3CCCCC3)c2)c1. The molecule has 3 heterocycles. The molecule has 4 rings (SSSR count). The van der Waals surface area contributed by atoms with Crippen LogP contribution in [-0.2, 0) is 17.2 Å². The largest absolute Gasteiger partial charge is 0.355 e. The van der Waals surface area contributed by atoms with E-state index in [-0.39, 0.29) is 0 Å². The fourth-order valence-electron chi connectivity index (χ4n) is 3.56. The Morgan fingerprint density at radius 3 is 2.58 bits per heavy atom. The molecule has 1 aliphatic heterocycles. The van der Waals surface area contributed by atoms with Gasteiger partial charge in [0, 0.05) is 37.1 Å². The van der Waals surface area contributed by atoms with E-state index in [0.29, 0.717) is 39.7 Å². The number of nitriles is 1. The van der Waals surface area contributed by atoms with Crippen LogP contribution in [-0.4, -0.2) is 44.0 Å². The summed E-state index contributed by atoms with van der Waals surface area (Å²) in [5.74, 6) is 1.18. The van der Waals surface area contributed by atoms with Crippen molar-refractivity contribution in [2.45, 2.75) is 35.5 Å². The number of aromatic nitrogens is 4. The Hall–Kier alpha value is -3.22. The first kappa shape index (κ1) is 21.0. The lowest BCUT2D eigenvalue weighted by Crippen LogP contribution is -2.30. The van der Waals surface area contributed by atoms with Crippen LogP contribution in [0.25, 0.3) is 11.4 Å². The van der Waals surface area contributed by atoms with Crippen molar-refractivity contribution < 1.29 is 4.21 Å². The van der Waals surface area contributed by atoms with Gasteiger partial charge in [0.25, 0.3) is 0 Å². The monoisotopic (exact) mass is 433 g/mol. The molecule has 158 valence electrons. The fourth-order valence-corrected chi connectivity index (χ4v) is 4.77. The zero-order chi connectivity index (χ0) is 21.6. The fraction of sp³-hybridized carbons (Fsp3) is 0.318. The van der Waals surface area contributed by atoms with Gasteiger partial charge in [0.05, 0.1) is 38.4 Å². The Labute approximate surface area is 183 Å². The minimum Gasteiger partial charge on any atom is -0.355 e. The molecule has 0 aliphatic carbocycles. The average Bonchev–Trinajstić information content (AvgIpc) is 2.84. The van der Waals surface area contributed by atoms with Crippen LogP contribution < -0.4 is 10.6 Å². The minimum atomic E-state index is -1.57. The average molecular weight is 434 g/mol. The van der Waals surface area contributed by atoms with Crippen molar-refractivity contribution in [2.75, 3.05) is 24.5 Å². The summed E-state index contributed by atoms with van der Waals surface area (Å²) in [5, 5.41) is 17.7. The van der Waals surface area contributed by atoms with E-state index in [1.165, 1.54) is 12.6 Å². The second-order valence-corrected chi connectivity index (χ2v) is 8.79. The van der Waals surface area contributed by atoms with Crippen LogP contribution in [0.3, 0.4) is 0 Å². The summed E-state index contributed by atoms with van der Waals surface area (Å²) in [6.45, 7) is 2.36. The summed E-state index contributed by atoms with van der Waals surface area (Å²) in [4.78, 5) is 12.0. The minimum absolute atomic E-state index is 0.421. The molecule has 1 fully saturated rings. The molecule has 0 amide bonds. The Bertz CT molecular complexity index is 1120. The summed E-state index contributed by atoms with van der Waals surface area (Å²) in [7, 11) is -1.57. The third-order valence-corrected chi connectivity index (χ3v) is 6.59. The van der Waals surface area contributed by atoms with Crippen LogP contribution in [0.1, 0.15) is 30.4 Å². The molecule has 0 radical (unpaired) electrons. The second kappa shape index (κ2) is 9.73. The molecular weight excluding hydrogens is 410 g/mol. The maximum Gasteiger partial charge on any atom is 0.160 e. The standard InChI is InChI=1S/C22H23N7OS/c23-7-6-17-13-25-22(26-14-17)19-5-4-16(12-24)10-20(19)31(30)18-11-21(28-27-15-18)29-8-2-1-3-9-29/h4-5,10-11,13-15H,1-3,6-9,23H2. The number of benzene rings is 1. The van der Waals surface area contributed by atoms with Crippen LogP contribution >= 0.6 is 0 Å². The highest BCUT2D eigenvalue weighted by atomic mass is 32.2. The molecule has 1 aliphatic rings. The zero-order valence-electron chi connectivity index (χ0n) is 17.1. The number of rotatable bonds is 6. The molecule has 1 saturated heterocycles. The molecule has 2 N–H and O–H groups in total. The lowest BCUT2D eigenvalue weighted by atomic mass is 10.1. The zero-order valence-corrected chi connectivity index (χ0v) is 17.9. The van der Waals surface area contributed by atoms with Gasteiger partial charge in [-0.15, -0.1) is 5.10 Å². The predicted octanol–water partition coefficient (Wildman–Crippen LogP) is 2.46. The number of hydrogen-bond acceptors (Lipinski definition) is 8. The van der Waals surface area contributed by atoms with Crippen molar-refractivity contribution in [1.29, 1.82) is 5.26 Å². The Morgan fingerprint density at radius 1 is 1.10 bits per heavy atom. The molecule has 0 bridgehead atoms. The van der Waals surface area contributed by atoms with Gasteiger partial charge in [-0.3, -0.25) is 0 Å². The van der Waals surface area contributed by atoms with Crippen molar-refractivity contribution in [3.05, 3.63) is 54.0 Å². The molecule has 1 atom stereocenters. The molecule has 0 saturated carbocycles. The highest BCUT2D eigenvalue weighted by Gasteiger charge is 2.19. The predicted molar refractivity (Wildman–Crippen MR) is 118 cm³/mol. The number of nitrogens with zero attached hydrogens (tertiary/aromatic N) is 6. The summed E-state index contributed by atoms with van der Waals surface area (Å²) < 4.78 is 13.6. The van der Waals surface area contributed by atoms with E-state index in [9.17, 15) is 9.47 Å². The maximum absolute atomic E-state index is 13.6. The van der Waals surface area contributed by atoms with Crippen LogP contribution in [0, 0.1) is 11.3 Å². The van der Waals surface area contributed by atoms with Crippen molar-refractivity contribution in [2.24, 2.45) is 5.73 Å². The van der Waals surface area contributed by atoms with Crippen molar-refractivity contribution in [3.63, 3.8) is 0 Å². The number of hydrogen-bond donors (Lipinski definition) is 1. The second-order valence-electron chi connectivity index (χ2n) is 7.34. The van der Waals surface area contributed by atoms with Gasteiger partial charge in [-0.25, -0.2) is 14.2 Å². The van der Waals surface area contributed by atoms with E-state index in [1.807, 2.05) is 6.07 Å². The molecular formula is C22H23N7OS. The van der Waals surface area contributed by atoms with E-state index in [2.05, 4.69) is 31.1 Å². The first-order valence-corrected chi connectivity index (χ1v) is 11.4. The maximum atomic E-state index is 13.6. The quantitative estimate of drug-likeness (QED) is 0.629. The summed E-state index contributed by atoms with van der Waals surface area (Å²) in [5.41, 5.74) is 7.57. The molecule has 9 heteroatoms. The highest BCUT2D eigenvalue weighted by molar-refractivity contribution is 7.85. The number of anilines is 1. The van der Waals surface area contributed by atoms with E-state index in [0.717, 1.165) is 37.3 Å². The van der Waals surface area contributed by atoms with Gasteiger partial charge >= 0.3 is 0 Å². The number of piperidine rings is 1. The van der Waals surface area contributed by atoms with Gasteiger partial charge in [0.2, 0.25) is 0 Å². The van der Waals surface area contributed by atoms with Gasteiger partial charge in [0.1, 0.15) is 0 Å². The van der Waals surface area contributed by atoms with E-state index >= 15 is 0 Å². The van der Waals surface area contributed by atoms with E-state index < -0.39 is 10.8 Å². The van der Waals surface area contributed by atoms with Gasteiger partial charge in [-0.2, -0.15) is 10.4 Å². The van der Waals surface area contributed by atoms with Gasteiger partial charge < -0.3 is 10.6 Å². The van der Waals surface area contributed by atoms with E-state index in [1.54, 1.807) is 30.6 Å². The summed E-state index contributed by atoms with van der Waals surface area (Å²) in [6.07, 6.45) is 9.09. The first-order chi connectivity index (χ1) is 15.2. The third-order valence-electron chi connectivity index (χ3n) is 5.20. The molecule has 1 unspecified atom stereocenters. The van der Waals surface area contributed by atoms with Gasteiger partial charge in [-0.05, 0) is 56.0 Å². The summed E-state index contributed by atoms with van der Waals surface area (Å²) in [6, 6.07) is 8.98. The van der Waals surface area contributed by atoms with Crippen molar-refractivity contribution >= 4 is 16.6 Å². The summed E-state index contributed by atoms with van der Waals surface area (Å²) >= 11 is 0. The smallest absolute Gasteiger partial charge is 0.160 e. The first-order valence-electron chi connectivity index (χ1n) is 10.2. The van der Waals surface area contributed by atoms with Gasteiger partial charge in [-0.1, -0.05) is 0 Å². The van der Waals surface area contributed by atoms with E-state index in [4.69, 9.17) is 5.73 Å². The number of nitrogens with two attached hydrogens (primary N) is 1. The van der Waals surface area contributed by atoms with Crippen molar-refractivity contribution in [3.8, 4) is 17.5 Å². The molecule has 3 aromatic rings. The lowest BCUT2D eigenvalue weighted by molar-refractivity contribution is 0.570. The molecule has 8 nitrogen and oxygen atoms in total. The van der Waals surface area contributed by atoms with Crippen LogP contribution in [0.4, 0.5) is 5.82 Å².